The Morgan fingerprint density at radius 1 is 1.22 bits per heavy atom. The maximum Gasteiger partial charge on any atom is 0.223 e. The van der Waals surface area contributed by atoms with Gasteiger partial charge in [0.1, 0.15) is 0 Å². The lowest BCUT2D eigenvalue weighted by atomic mass is 9.79. The first kappa shape index (κ1) is 13.9. The van der Waals surface area contributed by atoms with Crippen LogP contribution in [0.15, 0.2) is 0 Å². The molecule has 1 aliphatic heterocycles. The van der Waals surface area contributed by atoms with E-state index < -0.39 is 0 Å². The quantitative estimate of drug-likeness (QED) is 0.789. The molecule has 2 N–H and O–H groups in total. The van der Waals surface area contributed by atoms with Crippen LogP contribution in [0.2, 0.25) is 0 Å². The van der Waals surface area contributed by atoms with Crippen molar-refractivity contribution in [1.29, 1.82) is 0 Å². The Balaban J connectivity index is 1.66. The van der Waals surface area contributed by atoms with E-state index in [0.717, 1.165) is 38.3 Å². The van der Waals surface area contributed by atoms with Crippen LogP contribution in [0.25, 0.3) is 0 Å². The average Bonchev–Trinajstić information content (AvgIpc) is 2.89. The maximum atomic E-state index is 12.1. The van der Waals surface area contributed by atoms with E-state index in [2.05, 4.69) is 17.6 Å². The van der Waals surface area contributed by atoms with E-state index in [1.807, 2.05) is 0 Å². The van der Waals surface area contributed by atoms with E-state index in [4.69, 9.17) is 0 Å². The first-order valence-corrected chi connectivity index (χ1v) is 7.80. The van der Waals surface area contributed by atoms with E-state index in [-0.39, 0.29) is 0 Å². The first-order valence-electron chi connectivity index (χ1n) is 7.80. The second-order valence-electron chi connectivity index (χ2n) is 6.06. The van der Waals surface area contributed by atoms with Crippen LogP contribution >= 0.6 is 0 Å². The fourth-order valence-electron chi connectivity index (χ4n) is 3.30. The molecule has 0 aromatic rings. The second-order valence-corrected chi connectivity index (χ2v) is 6.06. The predicted octanol–water partition coefficient (Wildman–Crippen LogP) is 2.46. The Morgan fingerprint density at radius 3 is 2.61 bits per heavy atom. The minimum Gasteiger partial charge on any atom is -0.352 e. The summed E-state index contributed by atoms with van der Waals surface area (Å²) in [5.41, 5.74) is 0. The third-order valence-electron chi connectivity index (χ3n) is 4.59. The zero-order valence-corrected chi connectivity index (χ0v) is 11.7. The van der Waals surface area contributed by atoms with Gasteiger partial charge in [0.05, 0.1) is 0 Å². The number of amides is 1. The van der Waals surface area contributed by atoms with Gasteiger partial charge in [0.2, 0.25) is 5.91 Å². The van der Waals surface area contributed by atoms with E-state index in [9.17, 15) is 4.79 Å². The van der Waals surface area contributed by atoms with Crippen LogP contribution in [-0.2, 0) is 4.79 Å². The Labute approximate surface area is 111 Å². The Morgan fingerprint density at radius 2 is 2.00 bits per heavy atom. The van der Waals surface area contributed by atoms with Crippen LogP contribution in [0.1, 0.15) is 58.3 Å². The first-order chi connectivity index (χ1) is 8.79. The lowest BCUT2D eigenvalue weighted by Crippen LogP contribution is -2.41. The summed E-state index contributed by atoms with van der Waals surface area (Å²) in [7, 11) is 0. The number of rotatable bonds is 5. The summed E-state index contributed by atoms with van der Waals surface area (Å²) in [6.45, 7) is 4.26. The van der Waals surface area contributed by atoms with Crippen LogP contribution in [0, 0.1) is 11.8 Å². The molecule has 1 saturated heterocycles. The van der Waals surface area contributed by atoms with Crippen LogP contribution in [-0.4, -0.2) is 25.0 Å². The number of carbonyl (C=O) groups is 1. The molecule has 2 fully saturated rings. The fourth-order valence-corrected chi connectivity index (χ4v) is 3.30. The zero-order valence-electron chi connectivity index (χ0n) is 11.7. The lowest BCUT2D eigenvalue weighted by Gasteiger charge is -2.28. The molecule has 0 aromatic heterocycles. The van der Waals surface area contributed by atoms with Gasteiger partial charge >= 0.3 is 0 Å². The van der Waals surface area contributed by atoms with Gasteiger partial charge in [-0.15, -0.1) is 0 Å². The molecule has 1 heterocycles. The highest BCUT2D eigenvalue weighted by Crippen LogP contribution is 2.32. The van der Waals surface area contributed by atoms with Crippen molar-refractivity contribution in [3.05, 3.63) is 0 Å². The van der Waals surface area contributed by atoms with E-state index in [0.29, 0.717) is 17.9 Å². The van der Waals surface area contributed by atoms with Crippen molar-refractivity contribution in [2.45, 2.75) is 64.3 Å². The number of unbranched alkanes of at least 4 members (excludes halogenated alkanes) is 1. The average molecular weight is 252 g/mol. The number of nitrogens with one attached hydrogen (secondary N) is 2. The second kappa shape index (κ2) is 7.13. The smallest absolute Gasteiger partial charge is 0.223 e. The normalized spacial score (nSPS) is 32.4. The van der Waals surface area contributed by atoms with Crippen molar-refractivity contribution in [1.82, 2.24) is 10.6 Å². The van der Waals surface area contributed by atoms with Crippen LogP contribution in [0.4, 0.5) is 0 Å². The maximum absolute atomic E-state index is 12.1. The number of carbonyl (C=O) groups excluding carboxylic acids is 1. The minimum absolute atomic E-state index is 0.295. The molecule has 1 saturated carbocycles. The van der Waals surface area contributed by atoms with Crippen LogP contribution < -0.4 is 10.6 Å². The summed E-state index contributed by atoms with van der Waals surface area (Å²) in [5, 5.41) is 6.50. The molecule has 0 radical (unpaired) electrons. The van der Waals surface area contributed by atoms with Crippen molar-refractivity contribution in [3.8, 4) is 0 Å². The molecule has 0 unspecified atom stereocenters. The zero-order chi connectivity index (χ0) is 12.8. The highest BCUT2D eigenvalue weighted by Gasteiger charge is 2.27. The topological polar surface area (TPSA) is 41.1 Å². The van der Waals surface area contributed by atoms with Crippen LogP contribution in [0.3, 0.4) is 0 Å². The molecule has 18 heavy (non-hydrogen) atoms. The molecule has 2 rings (SSSR count). The fraction of sp³-hybridized carbons (Fsp3) is 0.933. The molecular weight excluding hydrogens is 224 g/mol. The molecule has 0 aromatic carbocycles. The predicted molar refractivity (Wildman–Crippen MR) is 74.4 cm³/mol. The van der Waals surface area contributed by atoms with Gasteiger partial charge in [-0.1, -0.05) is 26.2 Å². The van der Waals surface area contributed by atoms with Gasteiger partial charge in [0.25, 0.3) is 0 Å². The van der Waals surface area contributed by atoms with Crippen molar-refractivity contribution < 1.29 is 4.79 Å². The minimum atomic E-state index is 0.295. The summed E-state index contributed by atoms with van der Waals surface area (Å²) < 4.78 is 0. The molecule has 3 nitrogen and oxygen atoms in total. The molecule has 104 valence electrons. The summed E-state index contributed by atoms with van der Waals surface area (Å²) in [6.07, 6.45) is 9.88. The highest BCUT2D eigenvalue weighted by atomic mass is 16.1. The molecular formula is C15H28N2O. The molecule has 3 heteroatoms. The van der Waals surface area contributed by atoms with Crippen molar-refractivity contribution in [2.75, 3.05) is 13.1 Å². The monoisotopic (exact) mass is 252 g/mol. The van der Waals surface area contributed by atoms with Gasteiger partial charge in [-0.2, -0.15) is 0 Å². The summed E-state index contributed by atoms with van der Waals surface area (Å²) in [4.78, 5) is 12.1. The van der Waals surface area contributed by atoms with E-state index in [1.54, 1.807) is 0 Å². The number of hydrogen-bond acceptors (Lipinski definition) is 2. The standard InChI is InChI=1S/C15H28N2O/c1-2-3-4-12-5-7-13(8-6-12)15(18)17-14-9-10-16-11-14/h12-14,16H,2-11H2,1H3,(H,17,18)/t12?,13?,14-/m0/s1. The van der Waals surface area contributed by atoms with Gasteiger partial charge in [-0.3, -0.25) is 4.79 Å². The Bertz CT molecular complexity index is 253. The molecule has 1 amide bonds. The molecule has 1 aliphatic carbocycles. The molecule has 0 spiro atoms. The van der Waals surface area contributed by atoms with Crippen molar-refractivity contribution >= 4 is 5.91 Å². The molecule has 2 aliphatic rings. The lowest BCUT2D eigenvalue weighted by molar-refractivity contribution is -0.126. The van der Waals surface area contributed by atoms with E-state index in [1.165, 1.54) is 32.1 Å². The van der Waals surface area contributed by atoms with Gasteiger partial charge in [-0.05, 0) is 44.6 Å². The van der Waals surface area contributed by atoms with Gasteiger partial charge < -0.3 is 10.6 Å². The largest absolute Gasteiger partial charge is 0.352 e. The molecule has 0 bridgehead atoms. The third kappa shape index (κ3) is 3.98. The van der Waals surface area contributed by atoms with Crippen LogP contribution in [0.5, 0.6) is 0 Å². The summed E-state index contributed by atoms with van der Waals surface area (Å²) >= 11 is 0. The third-order valence-corrected chi connectivity index (χ3v) is 4.59. The summed E-state index contributed by atoms with van der Waals surface area (Å²) in [6, 6.07) is 0.385. The highest BCUT2D eigenvalue weighted by molar-refractivity contribution is 5.79. The van der Waals surface area contributed by atoms with Gasteiger partial charge in [-0.25, -0.2) is 0 Å². The van der Waals surface area contributed by atoms with Gasteiger partial charge in [0.15, 0.2) is 0 Å². The summed E-state index contributed by atoms with van der Waals surface area (Å²) in [5.74, 6) is 1.50. The molecule has 1 atom stereocenters. The van der Waals surface area contributed by atoms with Crippen molar-refractivity contribution in [2.24, 2.45) is 11.8 Å². The number of hydrogen-bond donors (Lipinski definition) is 2. The Kier molecular flexibility index (Phi) is 5.48. The van der Waals surface area contributed by atoms with Crippen molar-refractivity contribution in [3.63, 3.8) is 0 Å². The SMILES string of the molecule is CCCCC1CCC(C(=O)N[C@H]2CCNC2)CC1. The van der Waals surface area contributed by atoms with E-state index >= 15 is 0 Å². The Hall–Kier alpha value is -0.570. The van der Waals surface area contributed by atoms with Gasteiger partial charge in [0, 0.05) is 18.5 Å².